The Balaban J connectivity index is 1.56. The molecule has 1 aromatic heterocycles. The first-order chi connectivity index (χ1) is 12.0. The van der Waals surface area contributed by atoms with Crippen LogP contribution < -0.4 is 5.32 Å². The lowest BCUT2D eigenvalue weighted by atomic mass is 10.0. The van der Waals surface area contributed by atoms with Crippen molar-refractivity contribution in [2.75, 3.05) is 13.1 Å². The number of rotatable bonds is 4. The van der Waals surface area contributed by atoms with Crippen molar-refractivity contribution in [1.29, 1.82) is 0 Å². The van der Waals surface area contributed by atoms with E-state index in [1.165, 1.54) is 18.3 Å². The number of nitrogens with one attached hydrogen (secondary N) is 1. The van der Waals surface area contributed by atoms with Crippen molar-refractivity contribution in [3.05, 3.63) is 64.7 Å². The van der Waals surface area contributed by atoms with Crippen LogP contribution in [-0.4, -0.2) is 46.1 Å². The van der Waals surface area contributed by atoms with Crippen LogP contribution in [0.3, 0.4) is 0 Å². The van der Waals surface area contributed by atoms with Crippen LogP contribution in [0.15, 0.2) is 42.7 Å². The second kappa shape index (κ2) is 7.91. The topological polar surface area (TPSA) is 65.5 Å². The van der Waals surface area contributed by atoms with Crippen molar-refractivity contribution in [2.24, 2.45) is 0 Å². The lowest BCUT2D eigenvalue weighted by Crippen LogP contribution is -2.53. The molecule has 7 heteroatoms. The first-order valence-corrected chi connectivity index (χ1v) is 8.46. The maximum Gasteiger partial charge on any atom is 0.253 e. The van der Waals surface area contributed by atoms with E-state index in [4.69, 9.17) is 11.6 Å². The fraction of sp³-hybridized carbons (Fsp3) is 0.333. The van der Waals surface area contributed by atoms with Gasteiger partial charge in [0.1, 0.15) is 5.82 Å². The molecule has 132 valence electrons. The molecule has 2 aromatic rings. The third-order valence-corrected chi connectivity index (χ3v) is 4.67. The summed E-state index contributed by atoms with van der Waals surface area (Å²) in [5.74, 6) is -0.613. The molecule has 1 aromatic carbocycles. The molecule has 0 unspecified atom stereocenters. The van der Waals surface area contributed by atoms with E-state index in [9.17, 15) is 14.3 Å². The number of aromatic nitrogens is 1. The molecular formula is C18H19ClFN3O2. The van der Waals surface area contributed by atoms with Crippen LogP contribution >= 0.6 is 11.6 Å². The lowest BCUT2D eigenvalue weighted by molar-refractivity contribution is 0.0349. The summed E-state index contributed by atoms with van der Waals surface area (Å²) in [5, 5.41) is 13.6. The largest absolute Gasteiger partial charge is 0.390 e. The smallest absolute Gasteiger partial charge is 0.253 e. The number of β-amino-alcohol motifs (C(OH)–C–C–N with tert-alkyl or cyclic N) is 1. The Kier molecular flexibility index (Phi) is 5.63. The van der Waals surface area contributed by atoms with Crippen molar-refractivity contribution in [3.63, 3.8) is 0 Å². The first-order valence-electron chi connectivity index (χ1n) is 8.08. The Morgan fingerprint density at radius 2 is 2.28 bits per heavy atom. The third-order valence-electron chi connectivity index (χ3n) is 4.32. The van der Waals surface area contributed by atoms with E-state index in [2.05, 4.69) is 10.3 Å². The molecule has 2 heterocycles. The van der Waals surface area contributed by atoms with Crippen LogP contribution in [0.25, 0.3) is 0 Å². The maximum atomic E-state index is 13.1. The van der Waals surface area contributed by atoms with Crippen molar-refractivity contribution < 1.29 is 14.3 Å². The van der Waals surface area contributed by atoms with E-state index >= 15 is 0 Å². The van der Waals surface area contributed by atoms with E-state index in [1.807, 2.05) is 4.90 Å². The average Bonchev–Trinajstić information content (AvgIpc) is 2.60. The number of carbonyl (C=O) groups excluding carboxylic acids is 1. The molecule has 3 rings (SSSR count). The minimum absolute atomic E-state index is 0.243. The highest BCUT2D eigenvalue weighted by Crippen LogP contribution is 2.21. The second-order valence-corrected chi connectivity index (χ2v) is 6.56. The fourth-order valence-corrected chi connectivity index (χ4v) is 3.18. The SMILES string of the molecule is O=C(N[C@@H]1CCN(Cc2ccc(F)cc2Cl)C[C@H]1O)c1cccnc1. The molecule has 2 N–H and O–H groups in total. The molecule has 0 saturated carbocycles. The van der Waals surface area contributed by atoms with Gasteiger partial charge in [-0.15, -0.1) is 0 Å². The highest BCUT2D eigenvalue weighted by molar-refractivity contribution is 6.31. The van der Waals surface area contributed by atoms with Gasteiger partial charge in [-0.1, -0.05) is 17.7 Å². The summed E-state index contributed by atoms with van der Waals surface area (Å²) in [5.41, 5.74) is 1.28. The maximum absolute atomic E-state index is 13.1. The molecule has 1 amide bonds. The summed E-state index contributed by atoms with van der Waals surface area (Å²) >= 11 is 6.06. The highest BCUT2D eigenvalue weighted by atomic mass is 35.5. The van der Waals surface area contributed by atoms with Gasteiger partial charge in [0, 0.05) is 37.1 Å². The summed E-state index contributed by atoms with van der Waals surface area (Å²) in [6, 6.07) is 7.38. The van der Waals surface area contributed by atoms with Crippen molar-refractivity contribution in [2.45, 2.75) is 25.1 Å². The molecule has 5 nitrogen and oxygen atoms in total. The molecule has 0 spiro atoms. The molecule has 25 heavy (non-hydrogen) atoms. The molecule has 1 aliphatic rings. The number of nitrogens with zero attached hydrogens (tertiary/aromatic N) is 2. The second-order valence-electron chi connectivity index (χ2n) is 6.15. The molecule has 2 atom stereocenters. The van der Waals surface area contributed by atoms with Crippen molar-refractivity contribution in [1.82, 2.24) is 15.2 Å². The van der Waals surface area contributed by atoms with Gasteiger partial charge in [-0.3, -0.25) is 14.7 Å². The van der Waals surface area contributed by atoms with E-state index in [-0.39, 0.29) is 17.8 Å². The summed E-state index contributed by atoms with van der Waals surface area (Å²) in [4.78, 5) is 18.1. The monoisotopic (exact) mass is 363 g/mol. The van der Waals surface area contributed by atoms with Gasteiger partial charge >= 0.3 is 0 Å². The number of benzene rings is 1. The van der Waals surface area contributed by atoms with Crippen LogP contribution in [0, 0.1) is 5.82 Å². The summed E-state index contributed by atoms with van der Waals surface area (Å²) in [7, 11) is 0. The molecular weight excluding hydrogens is 345 g/mol. The molecule has 1 aliphatic heterocycles. The van der Waals surface area contributed by atoms with Crippen LogP contribution in [0.1, 0.15) is 22.3 Å². The Labute approximate surface area is 150 Å². The number of hydrogen-bond donors (Lipinski definition) is 2. The van der Waals surface area contributed by atoms with Gasteiger partial charge in [0.05, 0.1) is 17.7 Å². The zero-order valence-electron chi connectivity index (χ0n) is 13.5. The minimum atomic E-state index is -0.686. The number of carbonyl (C=O) groups is 1. The Morgan fingerprint density at radius 1 is 1.44 bits per heavy atom. The van der Waals surface area contributed by atoms with Gasteiger partial charge < -0.3 is 10.4 Å². The lowest BCUT2D eigenvalue weighted by Gasteiger charge is -2.36. The van der Waals surface area contributed by atoms with Gasteiger partial charge in [-0.05, 0) is 36.2 Å². The van der Waals surface area contributed by atoms with Crippen molar-refractivity contribution in [3.8, 4) is 0 Å². The predicted molar refractivity (Wildman–Crippen MR) is 92.8 cm³/mol. The van der Waals surface area contributed by atoms with E-state index in [0.717, 1.165) is 5.56 Å². The van der Waals surface area contributed by atoms with Crippen LogP contribution in [0.2, 0.25) is 5.02 Å². The molecule has 1 saturated heterocycles. The number of amides is 1. The van der Waals surface area contributed by atoms with Crippen LogP contribution in [0.4, 0.5) is 4.39 Å². The molecule has 0 radical (unpaired) electrons. The van der Waals surface area contributed by atoms with Crippen LogP contribution in [0.5, 0.6) is 0 Å². The minimum Gasteiger partial charge on any atom is -0.390 e. The van der Waals surface area contributed by atoms with Gasteiger partial charge in [0.25, 0.3) is 5.91 Å². The van der Waals surface area contributed by atoms with Gasteiger partial charge in [-0.25, -0.2) is 4.39 Å². The molecule has 0 aliphatic carbocycles. The summed E-state index contributed by atoms with van der Waals surface area (Å²) in [6.07, 6.45) is 3.03. The molecule has 1 fully saturated rings. The predicted octanol–water partition coefficient (Wildman–Crippen LogP) is 2.24. The normalized spacial score (nSPS) is 21.1. The number of aliphatic hydroxyl groups is 1. The summed E-state index contributed by atoms with van der Waals surface area (Å²) < 4.78 is 13.1. The number of hydrogen-bond acceptors (Lipinski definition) is 4. The third kappa shape index (κ3) is 4.54. The van der Waals surface area contributed by atoms with Crippen molar-refractivity contribution >= 4 is 17.5 Å². The van der Waals surface area contributed by atoms with E-state index in [1.54, 1.807) is 24.4 Å². The number of piperidine rings is 1. The number of halogens is 2. The standard InChI is InChI=1S/C18H19ClFN3O2/c19-15-8-14(20)4-3-13(15)10-23-7-5-16(17(24)11-23)22-18(25)12-2-1-6-21-9-12/h1-4,6,8-9,16-17,24H,5,7,10-11H2,(H,22,25)/t16-,17-/m1/s1. The Morgan fingerprint density at radius 3 is 2.96 bits per heavy atom. The van der Waals surface area contributed by atoms with E-state index in [0.29, 0.717) is 36.6 Å². The Hall–Kier alpha value is -2.02. The molecule has 0 bridgehead atoms. The Bertz CT molecular complexity index is 744. The number of likely N-dealkylation sites (tertiary alicyclic amines) is 1. The number of aliphatic hydroxyl groups excluding tert-OH is 1. The van der Waals surface area contributed by atoms with Gasteiger partial charge in [-0.2, -0.15) is 0 Å². The fourth-order valence-electron chi connectivity index (χ4n) is 2.95. The number of pyridine rings is 1. The first kappa shape index (κ1) is 17.8. The highest BCUT2D eigenvalue weighted by Gasteiger charge is 2.29. The van der Waals surface area contributed by atoms with Crippen LogP contribution in [-0.2, 0) is 6.54 Å². The van der Waals surface area contributed by atoms with Gasteiger partial charge in [0.2, 0.25) is 0 Å². The zero-order valence-corrected chi connectivity index (χ0v) is 14.3. The summed E-state index contributed by atoms with van der Waals surface area (Å²) in [6.45, 7) is 1.63. The van der Waals surface area contributed by atoms with E-state index < -0.39 is 6.10 Å². The zero-order chi connectivity index (χ0) is 17.8. The quantitative estimate of drug-likeness (QED) is 0.874. The van der Waals surface area contributed by atoms with Gasteiger partial charge in [0.15, 0.2) is 0 Å². The average molecular weight is 364 g/mol.